The maximum Gasteiger partial charge on any atom is 0.123 e. The van der Waals surface area contributed by atoms with Crippen molar-refractivity contribution in [2.45, 2.75) is 31.5 Å². The summed E-state index contributed by atoms with van der Waals surface area (Å²) in [4.78, 5) is 5.62. The second-order valence-corrected chi connectivity index (χ2v) is 11.0. The first-order chi connectivity index (χ1) is 21.0. The third-order valence-corrected chi connectivity index (χ3v) is 8.30. The number of benzene rings is 4. The van der Waals surface area contributed by atoms with E-state index in [2.05, 4.69) is 16.0 Å². The molecule has 43 heavy (non-hydrogen) atoms. The zero-order valence-corrected chi connectivity index (χ0v) is 23.9. The number of rotatable bonds is 12. The highest BCUT2D eigenvalue weighted by atomic mass is 19.1. The Morgan fingerprint density at radius 1 is 0.907 bits per heavy atom. The number of ether oxygens (including phenoxy) is 2. The van der Waals surface area contributed by atoms with Crippen molar-refractivity contribution in [3.63, 3.8) is 0 Å². The van der Waals surface area contributed by atoms with Crippen molar-refractivity contribution < 1.29 is 18.3 Å². The number of aromatic nitrogens is 1. The number of fused-ring (bicyclic) bond motifs is 2. The average molecular weight is 578 g/mol. The molecule has 0 saturated carbocycles. The van der Waals surface area contributed by atoms with Crippen LogP contribution in [0.2, 0.25) is 0 Å². The molecule has 1 aliphatic heterocycles. The molecule has 0 bridgehead atoms. The lowest BCUT2D eigenvalue weighted by Crippen LogP contribution is -2.34. The Labute approximate surface area is 250 Å². The fourth-order valence-corrected chi connectivity index (χ4v) is 6.10. The average Bonchev–Trinajstić information content (AvgIpc) is 3.61. The summed E-state index contributed by atoms with van der Waals surface area (Å²) in [6.45, 7) is 3.21. The quantitative estimate of drug-likeness (QED) is 0.167. The third kappa shape index (κ3) is 6.31. The smallest absolute Gasteiger partial charge is 0.123 e. The number of nitrogens with zero attached hydrogens (tertiary/aromatic N) is 2. The lowest BCUT2D eigenvalue weighted by molar-refractivity contribution is -0.0147. The highest BCUT2D eigenvalue weighted by Crippen LogP contribution is 2.45. The zero-order valence-electron chi connectivity index (χ0n) is 23.9. The predicted molar refractivity (Wildman–Crippen MR) is 163 cm³/mol. The fourth-order valence-electron chi connectivity index (χ4n) is 6.10. The summed E-state index contributed by atoms with van der Waals surface area (Å²) < 4.78 is 40.4. The first-order valence-electron chi connectivity index (χ1n) is 14.6. The van der Waals surface area contributed by atoms with Crippen molar-refractivity contribution >= 4 is 10.9 Å². The van der Waals surface area contributed by atoms with Gasteiger partial charge in [-0.15, -0.1) is 0 Å². The molecule has 7 heteroatoms. The monoisotopic (exact) mass is 577 g/mol. The Balaban J connectivity index is 1.19. The van der Waals surface area contributed by atoms with Gasteiger partial charge >= 0.3 is 0 Å². The lowest BCUT2D eigenvalue weighted by atomic mass is 9.81. The molecular formula is C36H33F2N3O2. The Morgan fingerprint density at radius 2 is 1.72 bits per heavy atom. The van der Waals surface area contributed by atoms with Crippen LogP contribution in [0.25, 0.3) is 10.9 Å². The van der Waals surface area contributed by atoms with Crippen molar-refractivity contribution in [1.29, 1.82) is 5.26 Å². The van der Waals surface area contributed by atoms with Gasteiger partial charge in [0, 0.05) is 30.2 Å². The second-order valence-electron chi connectivity index (χ2n) is 11.0. The number of aromatic amines is 1. The number of H-pyrrole nitrogens is 1. The highest BCUT2D eigenvalue weighted by molar-refractivity contribution is 5.83. The molecular weight excluding hydrogens is 544 g/mol. The van der Waals surface area contributed by atoms with E-state index in [0.29, 0.717) is 25.2 Å². The number of hydrogen-bond donors (Lipinski definition) is 1. The van der Waals surface area contributed by atoms with Gasteiger partial charge in [0.25, 0.3) is 0 Å². The van der Waals surface area contributed by atoms with Crippen LogP contribution >= 0.6 is 0 Å². The first kappa shape index (κ1) is 28.6. The van der Waals surface area contributed by atoms with Crippen LogP contribution in [-0.4, -0.2) is 36.1 Å². The van der Waals surface area contributed by atoms with E-state index >= 15 is 0 Å². The molecule has 1 unspecified atom stereocenters. The standard InChI is InChI=1S/C36H33F2N3O2/c37-30-10-8-29(9-11-30)36(34-13-7-26(23-39)21-28(34)25-43-36)16-4-17-41(19-20-42-32-5-2-1-3-6-32)18-15-27-24-40-35-14-12-31(38)22-33(27)35/h1-3,5-14,21-22,24,40H,4,15-20,25H2. The van der Waals surface area contributed by atoms with E-state index in [-0.39, 0.29) is 11.6 Å². The van der Waals surface area contributed by atoms with Crippen LogP contribution in [0.15, 0.2) is 97.2 Å². The Kier molecular flexibility index (Phi) is 8.50. The van der Waals surface area contributed by atoms with Crippen LogP contribution < -0.4 is 4.74 Å². The van der Waals surface area contributed by atoms with Crippen LogP contribution in [-0.2, 0) is 23.4 Å². The summed E-state index contributed by atoms with van der Waals surface area (Å²) in [6.07, 6.45) is 4.22. The number of nitrogens with one attached hydrogen (secondary N) is 1. The van der Waals surface area contributed by atoms with E-state index in [9.17, 15) is 14.0 Å². The molecule has 2 heterocycles. The highest BCUT2D eigenvalue weighted by Gasteiger charge is 2.41. The molecule has 1 aromatic heterocycles. The maximum absolute atomic E-state index is 14.0. The summed E-state index contributed by atoms with van der Waals surface area (Å²) in [5, 5.41) is 10.3. The van der Waals surface area contributed by atoms with Crippen LogP contribution in [0.3, 0.4) is 0 Å². The molecule has 5 aromatic rings. The third-order valence-electron chi connectivity index (χ3n) is 8.30. The van der Waals surface area contributed by atoms with E-state index < -0.39 is 5.60 Å². The molecule has 0 amide bonds. The summed E-state index contributed by atoms with van der Waals surface area (Å²) in [7, 11) is 0. The summed E-state index contributed by atoms with van der Waals surface area (Å²) in [5.74, 6) is 0.294. The summed E-state index contributed by atoms with van der Waals surface area (Å²) in [6, 6.07) is 29.0. The van der Waals surface area contributed by atoms with Gasteiger partial charge in [0.15, 0.2) is 0 Å². The molecule has 1 N–H and O–H groups in total. The van der Waals surface area contributed by atoms with Gasteiger partial charge < -0.3 is 14.5 Å². The maximum atomic E-state index is 14.0. The molecule has 4 aromatic carbocycles. The Morgan fingerprint density at radius 3 is 2.53 bits per heavy atom. The molecule has 6 rings (SSSR count). The van der Waals surface area contributed by atoms with Crippen molar-refractivity contribution in [1.82, 2.24) is 9.88 Å². The minimum Gasteiger partial charge on any atom is -0.492 e. The number of hydrogen-bond acceptors (Lipinski definition) is 4. The predicted octanol–water partition coefficient (Wildman–Crippen LogP) is 7.50. The zero-order chi connectivity index (χ0) is 29.6. The normalized spacial score (nSPS) is 16.0. The van der Waals surface area contributed by atoms with Gasteiger partial charge in [-0.1, -0.05) is 36.4 Å². The number of nitriles is 1. The van der Waals surface area contributed by atoms with E-state index in [1.807, 2.05) is 54.7 Å². The largest absolute Gasteiger partial charge is 0.492 e. The molecule has 0 radical (unpaired) electrons. The molecule has 218 valence electrons. The molecule has 0 saturated heterocycles. The van der Waals surface area contributed by atoms with Gasteiger partial charge in [-0.2, -0.15) is 5.26 Å². The van der Waals surface area contributed by atoms with Crippen LogP contribution in [0, 0.1) is 23.0 Å². The molecule has 1 aliphatic rings. The van der Waals surface area contributed by atoms with E-state index in [1.165, 1.54) is 18.2 Å². The van der Waals surface area contributed by atoms with E-state index in [0.717, 1.165) is 71.4 Å². The second kappa shape index (κ2) is 12.8. The minimum atomic E-state index is -0.725. The minimum absolute atomic E-state index is 0.244. The molecule has 1 atom stereocenters. The topological polar surface area (TPSA) is 61.3 Å². The lowest BCUT2D eigenvalue weighted by Gasteiger charge is -2.32. The molecule has 0 spiro atoms. The number of para-hydroxylation sites is 1. The van der Waals surface area contributed by atoms with Gasteiger partial charge in [0.05, 0.1) is 18.2 Å². The van der Waals surface area contributed by atoms with Crippen LogP contribution in [0.5, 0.6) is 5.75 Å². The van der Waals surface area contributed by atoms with Gasteiger partial charge in [0.1, 0.15) is 29.6 Å². The van der Waals surface area contributed by atoms with Gasteiger partial charge in [-0.3, -0.25) is 4.90 Å². The van der Waals surface area contributed by atoms with Crippen LogP contribution in [0.4, 0.5) is 8.78 Å². The van der Waals surface area contributed by atoms with E-state index in [4.69, 9.17) is 9.47 Å². The van der Waals surface area contributed by atoms with Gasteiger partial charge in [0.2, 0.25) is 0 Å². The molecule has 0 aliphatic carbocycles. The summed E-state index contributed by atoms with van der Waals surface area (Å²) in [5.41, 5.74) is 4.79. The van der Waals surface area contributed by atoms with Crippen LogP contribution in [0.1, 0.15) is 40.7 Å². The fraction of sp³-hybridized carbons (Fsp3) is 0.250. The van der Waals surface area contributed by atoms with Crippen molar-refractivity contribution in [3.8, 4) is 11.8 Å². The van der Waals surface area contributed by atoms with E-state index in [1.54, 1.807) is 24.3 Å². The number of halogens is 2. The molecule has 5 nitrogen and oxygen atoms in total. The Bertz CT molecular complexity index is 1730. The van der Waals surface area contributed by atoms with Crippen molar-refractivity contribution in [2.24, 2.45) is 0 Å². The Hall–Kier alpha value is -4.51. The van der Waals surface area contributed by atoms with Crippen molar-refractivity contribution in [3.05, 3.63) is 137 Å². The van der Waals surface area contributed by atoms with Gasteiger partial charge in [-0.25, -0.2) is 8.78 Å². The first-order valence-corrected chi connectivity index (χ1v) is 14.6. The summed E-state index contributed by atoms with van der Waals surface area (Å²) >= 11 is 0. The van der Waals surface area contributed by atoms with Crippen molar-refractivity contribution in [2.75, 3.05) is 26.2 Å². The van der Waals surface area contributed by atoms with Gasteiger partial charge in [-0.05, 0) is 103 Å². The SMILES string of the molecule is N#Cc1ccc2c(c1)COC2(CCCN(CCOc1ccccc1)CCc1c[nH]c2ccc(F)cc12)c1ccc(F)cc1. The molecule has 0 fully saturated rings.